The Morgan fingerprint density at radius 2 is 1.78 bits per heavy atom. The Balaban J connectivity index is 1.39. The molecule has 3 fully saturated rings. The minimum absolute atomic E-state index is 0.0186. The first-order chi connectivity index (χ1) is 18.0. The molecule has 0 spiro atoms. The minimum Gasteiger partial charge on any atom is -0.370 e. The summed E-state index contributed by atoms with van der Waals surface area (Å²) in [7, 11) is 0. The van der Waals surface area contributed by atoms with E-state index in [9.17, 15) is 0 Å². The van der Waals surface area contributed by atoms with E-state index < -0.39 is 0 Å². The van der Waals surface area contributed by atoms with Crippen molar-refractivity contribution in [2.45, 2.75) is 64.1 Å². The van der Waals surface area contributed by atoms with Crippen molar-refractivity contribution in [3.05, 3.63) is 77.3 Å². The molecule has 4 atom stereocenters. The number of hydrogen-bond acceptors (Lipinski definition) is 3. The van der Waals surface area contributed by atoms with Crippen LogP contribution in [0.5, 0.6) is 0 Å². The van der Waals surface area contributed by atoms with Crippen LogP contribution >= 0.6 is 23.8 Å². The van der Waals surface area contributed by atoms with Crippen molar-refractivity contribution < 1.29 is 0 Å². The summed E-state index contributed by atoms with van der Waals surface area (Å²) in [6.45, 7) is 6.76. The quantitative estimate of drug-likeness (QED) is 0.348. The molecule has 5 nitrogen and oxygen atoms in total. The van der Waals surface area contributed by atoms with E-state index >= 15 is 0 Å². The maximum atomic E-state index is 7.00. The third-order valence-corrected chi connectivity index (χ3v) is 8.97. The third-order valence-electron chi connectivity index (χ3n) is 8.35. The number of nitrogens with zero attached hydrogens (tertiary/aromatic N) is 4. The number of hydrogen-bond donors (Lipinski definition) is 1. The Morgan fingerprint density at radius 3 is 2.49 bits per heavy atom. The molecule has 1 aliphatic carbocycles. The summed E-state index contributed by atoms with van der Waals surface area (Å²) in [6, 6.07) is 17.5. The lowest BCUT2D eigenvalue weighted by Gasteiger charge is -2.37. The fourth-order valence-corrected chi connectivity index (χ4v) is 7.51. The lowest BCUT2D eigenvalue weighted by molar-refractivity contribution is 0.357. The summed E-state index contributed by atoms with van der Waals surface area (Å²) >= 11 is 13.0. The van der Waals surface area contributed by atoms with Gasteiger partial charge in [0.2, 0.25) is 0 Å². The summed E-state index contributed by atoms with van der Waals surface area (Å²) in [5, 5.41) is 5.11. The number of piperidine rings is 1. The van der Waals surface area contributed by atoms with Crippen molar-refractivity contribution in [3.63, 3.8) is 0 Å². The summed E-state index contributed by atoms with van der Waals surface area (Å²) < 4.78 is 2.49. The second-order valence-electron chi connectivity index (χ2n) is 11.3. The van der Waals surface area contributed by atoms with E-state index in [0.29, 0.717) is 23.0 Å². The fraction of sp³-hybridized carbons (Fsp3) is 0.467. The standard InChI is InChI=1S/C30H36ClN5S/c1-20-16-21(2)19-34(18-20)26-13-12-23(17-24(26)31)36-29(27-11-7-15-35(27)22-8-3-4-9-22)28(33-30(36)37)25-10-5-6-14-32-25/h5-7,10-15,17,20-22,28-29H,3-4,8-9,16,18-19H2,1-2H3,(H,33,37). The molecule has 37 heavy (non-hydrogen) atoms. The highest BCUT2D eigenvalue weighted by molar-refractivity contribution is 7.80. The average Bonchev–Trinajstić information content (AvgIpc) is 3.63. The number of pyridine rings is 1. The molecule has 194 valence electrons. The van der Waals surface area contributed by atoms with Crippen LogP contribution in [0.3, 0.4) is 0 Å². The van der Waals surface area contributed by atoms with Crippen molar-refractivity contribution in [1.82, 2.24) is 14.9 Å². The molecule has 2 aromatic heterocycles. The van der Waals surface area contributed by atoms with Crippen LogP contribution in [0.1, 0.15) is 75.5 Å². The van der Waals surface area contributed by atoms with E-state index in [1.165, 1.54) is 37.8 Å². The number of rotatable bonds is 5. The monoisotopic (exact) mass is 533 g/mol. The van der Waals surface area contributed by atoms with Crippen molar-refractivity contribution in [1.29, 1.82) is 0 Å². The van der Waals surface area contributed by atoms with Crippen LogP contribution < -0.4 is 15.1 Å². The molecule has 0 bridgehead atoms. The zero-order chi connectivity index (χ0) is 25.5. The summed E-state index contributed by atoms with van der Waals surface area (Å²) in [5.74, 6) is 1.34. The Hall–Kier alpha value is -2.57. The average molecular weight is 534 g/mol. The zero-order valence-electron chi connectivity index (χ0n) is 21.7. The summed E-state index contributed by atoms with van der Waals surface area (Å²) in [4.78, 5) is 9.43. The molecule has 4 heterocycles. The second kappa shape index (κ2) is 10.3. The molecule has 3 aromatic rings. The van der Waals surface area contributed by atoms with Gasteiger partial charge in [0.1, 0.15) is 6.04 Å². The maximum absolute atomic E-state index is 7.00. The fourth-order valence-electron chi connectivity index (χ4n) is 6.87. The van der Waals surface area contributed by atoms with Gasteiger partial charge in [0, 0.05) is 42.9 Å². The zero-order valence-corrected chi connectivity index (χ0v) is 23.3. The molecule has 1 aromatic carbocycles. The van der Waals surface area contributed by atoms with Crippen molar-refractivity contribution in [3.8, 4) is 0 Å². The first-order valence-corrected chi connectivity index (χ1v) is 14.5. The molecule has 2 aliphatic heterocycles. The van der Waals surface area contributed by atoms with Crippen LogP contribution in [-0.2, 0) is 0 Å². The predicted molar refractivity (Wildman–Crippen MR) is 156 cm³/mol. The molecular weight excluding hydrogens is 498 g/mol. The Bertz CT molecular complexity index is 1240. The predicted octanol–water partition coefficient (Wildman–Crippen LogP) is 7.31. The number of benzene rings is 1. The van der Waals surface area contributed by atoms with E-state index in [2.05, 4.69) is 82.2 Å². The molecule has 3 aliphatic rings. The van der Waals surface area contributed by atoms with Crippen molar-refractivity contribution >= 4 is 40.3 Å². The Morgan fingerprint density at radius 1 is 1.00 bits per heavy atom. The second-order valence-corrected chi connectivity index (χ2v) is 12.1. The van der Waals surface area contributed by atoms with Crippen LogP contribution in [0.25, 0.3) is 0 Å². The summed E-state index contributed by atoms with van der Waals surface area (Å²) in [5.41, 5.74) is 4.41. The number of aromatic nitrogens is 2. The van der Waals surface area contributed by atoms with Gasteiger partial charge in [0.05, 0.1) is 22.4 Å². The maximum Gasteiger partial charge on any atom is 0.174 e. The van der Waals surface area contributed by atoms with Gasteiger partial charge in [-0.15, -0.1) is 0 Å². The largest absolute Gasteiger partial charge is 0.370 e. The van der Waals surface area contributed by atoms with Gasteiger partial charge in [-0.3, -0.25) is 4.98 Å². The number of thiocarbonyl (C=S) groups is 1. The summed E-state index contributed by atoms with van der Waals surface area (Å²) in [6.07, 6.45) is 10.4. The highest BCUT2D eigenvalue weighted by Gasteiger charge is 2.43. The molecule has 1 N–H and O–H groups in total. The molecule has 7 heteroatoms. The van der Waals surface area contributed by atoms with Gasteiger partial charge in [0.15, 0.2) is 5.11 Å². The van der Waals surface area contributed by atoms with E-state index in [4.69, 9.17) is 28.8 Å². The highest BCUT2D eigenvalue weighted by Crippen LogP contribution is 2.45. The van der Waals surface area contributed by atoms with Gasteiger partial charge in [-0.2, -0.15) is 0 Å². The lowest BCUT2D eigenvalue weighted by Crippen LogP contribution is -2.39. The number of halogens is 1. The Labute approximate surface area is 230 Å². The highest BCUT2D eigenvalue weighted by atomic mass is 35.5. The van der Waals surface area contributed by atoms with Gasteiger partial charge in [0.25, 0.3) is 0 Å². The first kappa shape index (κ1) is 24.7. The van der Waals surface area contributed by atoms with Crippen molar-refractivity contribution in [2.24, 2.45) is 11.8 Å². The molecular formula is C30H36ClN5S. The van der Waals surface area contributed by atoms with Crippen LogP contribution in [0, 0.1) is 11.8 Å². The van der Waals surface area contributed by atoms with Crippen LogP contribution in [0.2, 0.25) is 5.02 Å². The molecule has 0 amide bonds. The van der Waals surface area contributed by atoms with Gasteiger partial charge < -0.3 is 19.7 Å². The molecule has 0 radical (unpaired) electrons. The van der Waals surface area contributed by atoms with E-state index in [0.717, 1.165) is 35.2 Å². The smallest absolute Gasteiger partial charge is 0.174 e. The van der Waals surface area contributed by atoms with Gasteiger partial charge in [-0.05, 0) is 85.8 Å². The topological polar surface area (TPSA) is 36.3 Å². The van der Waals surface area contributed by atoms with Crippen LogP contribution in [-0.4, -0.2) is 27.8 Å². The van der Waals surface area contributed by atoms with E-state index in [1.807, 2.05) is 12.3 Å². The normalized spacial score (nSPS) is 26.6. The lowest BCUT2D eigenvalue weighted by atomic mass is 9.91. The van der Waals surface area contributed by atoms with E-state index in [-0.39, 0.29) is 12.1 Å². The molecule has 4 unspecified atom stereocenters. The van der Waals surface area contributed by atoms with Gasteiger partial charge in [-0.25, -0.2) is 0 Å². The van der Waals surface area contributed by atoms with Gasteiger partial charge in [-0.1, -0.05) is 44.4 Å². The molecule has 1 saturated carbocycles. The number of nitrogens with one attached hydrogen (secondary N) is 1. The van der Waals surface area contributed by atoms with Crippen LogP contribution in [0.4, 0.5) is 11.4 Å². The van der Waals surface area contributed by atoms with Crippen molar-refractivity contribution in [2.75, 3.05) is 22.9 Å². The number of anilines is 2. The minimum atomic E-state index is -0.0500. The van der Waals surface area contributed by atoms with E-state index in [1.54, 1.807) is 0 Å². The molecule has 6 rings (SSSR count). The van der Waals surface area contributed by atoms with Crippen LogP contribution in [0.15, 0.2) is 60.9 Å². The SMILES string of the molecule is CC1CC(C)CN(c2ccc(N3C(=S)NC(c4ccccn4)C3c3cccn3C3CCCC3)cc2Cl)C1. The Kier molecular flexibility index (Phi) is 6.89. The third kappa shape index (κ3) is 4.74. The molecule has 2 saturated heterocycles. The van der Waals surface area contributed by atoms with Gasteiger partial charge >= 0.3 is 0 Å². The first-order valence-electron chi connectivity index (χ1n) is 13.7.